The highest BCUT2D eigenvalue weighted by molar-refractivity contribution is 7.46. The number of nitrogens with one attached hydrogen (secondary N) is 1. The number of aliphatic hydroxyl groups excluding tert-OH is 5. The van der Waals surface area contributed by atoms with Crippen molar-refractivity contribution in [2.45, 2.75) is 75.3 Å². The third-order valence-electron chi connectivity index (χ3n) is 8.14. The van der Waals surface area contributed by atoms with Crippen molar-refractivity contribution >= 4 is 36.7 Å². The van der Waals surface area contributed by atoms with Crippen molar-refractivity contribution in [2.24, 2.45) is 4.99 Å². The number of ether oxygens (including phenoxy) is 2. The Labute approximate surface area is 256 Å². The van der Waals surface area contributed by atoms with Crippen molar-refractivity contribution in [2.75, 3.05) is 35.4 Å². The second kappa shape index (κ2) is 13.0. The van der Waals surface area contributed by atoms with Gasteiger partial charge in [0.1, 0.15) is 30.5 Å². The molecule has 45 heavy (non-hydrogen) atoms. The summed E-state index contributed by atoms with van der Waals surface area (Å²) in [4.78, 5) is 45.6. The highest BCUT2D eigenvalue weighted by Crippen LogP contribution is 2.39. The number of nitrogen functional groups attached to an aromatic ring is 1. The van der Waals surface area contributed by atoms with Crippen LogP contribution >= 0.6 is 7.82 Å². The van der Waals surface area contributed by atoms with Crippen LogP contribution in [-0.2, 0) is 25.0 Å². The Bertz CT molecular complexity index is 1500. The minimum absolute atomic E-state index is 0.00969. The Balaban J connectivity index is 1.15. The van der Waals surface area contributed by atoms with E-state index in [4.69, 9.17) is 25.0 Å². The molecule has 1 aromatic carbocycles. The fraction of sp³-hybridized carbons (Fsp3) is 0.577. The van der Waals surface area contributed by atoms with E-state index in [9.17, 15) is 34.9 Å². The molecule has 1 aromatic heterocycles. The van der Waals surface area contributed by atoms with E-state index in [1.807, 2.05) is 30.9 Å². The van der Waals surface area contributed by atoms with Gasteiger partial charge in [-0.25, -0.2) is 9.56 Å². The first kappa shape index (κ1) is 33.4. The average molecular weight is 657 g/mol. The van der Waals surface area contributed by atoms with Crippen LogP contribution in [0, 0.1) is 0 Å². The SMILES string of the molecule is CC1=Nc2nc(N)[nH]c(=O)c2N2CN(c3ccc(C[C@H](O)[C@H](O)[C@H](O)CO[C@H]4O[C@H](COP(=O)(O)O)[C@@H](O)[C@H]4O)cc3)[C@H](C)[C@@H]12. The van der Waals surface area contributed by atoms with Gasteiger partial charge in [0.05, 0.1) is 38.1 Å². The molecule has 3 aliphatic rings. The van der Waals surface area contributed by atoms with Gasteiger partial charge in [-0.3, -0.25) is 14.3 Å². The highest BCUT2D eigenvalue weighted by atomic mass is 31.2. The molecule has 10 N–H and O–H groups in total. The molecule has 4 heterocycles. The lowest BCUT2D eigenvalue weighted by molar-refractivity contribution is -0.192. The van der Waals surface area contributed by atoms with E-state index in [2.05, 4.69) is 24.4 Å². The largest absolute Gasteiger partial charge is 0.469 e. The van der Waals surface area contributed by atoms with E-state index < -0.39 is 64.0 Å². The lowest BCUT2D eigenvalue weighted by Crippen LogP contribution is -2.45. The molecule has 9 atom stereocenters. The van der Waals surface area contributed by atoms with E-state index in [1.165, 1.54) is 0 Å². The van der Waals surface area contributed by atoms with E-state index in [-0.39, 0.29) is 35.8 Å². The number of phosphoric ester groups is 1. The number of nitrogens with two attached hydrogens (primary N) is 1. The molecule has 0 saturated carbocycles. The number of rotatable bonds is 11. The van der Waals surface area contributed by atoms with Crippen molar-refractivity contribution in [3.63, 3.8) is 0 Å². The van der Waals surface area contributed by atoms with Gasteiger partial charge in [-0.1, -0.05) is 12.1 Å². The van der Waals surface area contributed by atoms with Gasteiger partial charge in [-0.15, -0.1) is 0 Å². The topological polar surface area (TPSA) is 277 Å². The Hall–Kier alpha value is -3.00. The predicted octanol–water partition coefficient (Wildman–Crippen LogP) is -2.30. The number of aromatic nitrogens is 2. The van der Waals surface area contributed by atoms with Crippen molar-refractivity contribution in [1.29, 1.82) is 0 Å². The molecule has 3 aliphatic heterocycles. The smallest absolute Gasteiger partial charge is 0.390 e. The Kier molecular flexibility index (Phi) is 9.65. The Morgan fingerprint density at radius 2 is 1.82 bits per heavy atom. The predicted molar refractivity (Wildman–Crippen MR) is 158 cm³/mol. The van der Waals surface area contributed by atoms with Crippen LogP contribution in [0.3, 0.4) is 0 Å². The summed E-state index contributed by atoms with van der Waals surface area (Å²) in [7, 11) is -4.84. The number of hydrogen-bond donors (Lipinski definition) is 9. The summed E-state index contributed by atoms with van der Waals surface area (Å²) >= 11 is 0. The molecule has 0 spiro atoms. The fourth-order valence-electron chi connectivity index (χ4n) is 5.85. The Morgan fingerprint density at radius 3 is 2.49 bits per heavy atom. The molecule has 0 amide bonds. The molecule has 248 valence electrons. The molecule has 0 radical (unpaired) electrons. The van der Waals surface area contributed by atoms with Gasteiger partial charge < -0.3 is 60.3 Å². The van der Waals surface area contributed by atoms with Crippen molar-refractivity contribution < 1.29 is 53.9 Å². The first-order chi connectivity index (χ1) is 21.1. The number of benzene rings is 1. The van der Waals surface area contributed by atoms with Gasteiger partial charge in [-0.05, 0) is 31.5 Å². The molecular weight excluding hydrogens is 619 g/mol. The Morgan fingerprint density at radius 1 is 1.13 bits per heavy atom. The number of phosphoric acid groups is 1. The number of aromatic amines is 1. The summed E-state index contributed by atoms with van der Waals surface area (Å²) in [5.74, 6) is 0.264. The molecule has 2 saturated heterocycles. The summed E-state index contributed by atoms with van der Waals surface area (Å²) in [5, 5.41) is 51.6. The maximum Gasteiger partial charge on any atom is 0.469 e. The summed E-state index contributed by atoms with van der Waals surface area (Å²) in [5.41, 5.74) is 7.99. The molecule has 0 bridgehead atoms. The number of hydrogen-bond acceptors (Lipinski definition) is 15. The van der Waals surface area contributed by atoms with Gasteiger partial charge in [0.25, 0.3) is 5.56 Å². The molecule has 2 fully saturated rings. The van der Waals surface area contributed by atoms with Crippen LogP contribution < -0.4 is 21.1 Å². The zero-order chi connectivity index (χ0) is 32.8. The zero-order valence-corrected chi connectivity index (χ0v) is 25.2. The fourth-order valence-corrected chi connectivity index (χ4v) is 6.19. The van der Waals surface area contributed by atoms with Gasteiger partial charge in [0.2, 0.25) is 5.95 Å². The second-order valence-corrected chi connectivity index (χ2v) is 12.5. The van der Waals surface area contributed by atoms with Crippen LogP contribution in [0.2, 0.25) is 0 Å². The monoisotopic (exact) mass is 656 g/mol. The highest BCUT2D eigenvalue weighted by Gasteiger charge is 2.45. The molecule has 0 aliphatic carbocycles. The normalized spacial score (nSPS) is 28.4. The number of fused-ring (bicyclic) bond motifs is 3. The summed E-state index contributed by atoms with van der Waals surface area (Å²) in [6, 6.07) is 7.02. The minimum atomic E-state index is -4.84. The van der Waals surface area contributed by atoms with Gasteiger partial charge in [-0.2, -0.15) is 4.98 Å². The maximum absolute atomic E-state index is 12.7. The van der Waals surface area contributed by atoms with Crippen LogP contribution in [0.5, 0.6) is 0 Å². The maximum atomic E-state index is 12.7. The number of anilines is 3. The molecule has 18 nitrogen and oxygen atoms in total. The van der Waals surface area contributed by atoms with E-state index in [0.29, 0.717) is 17.9 Å². The van der Waals surface area contributed by atoms with Gasteiger partial charge in [0, 0.05) is 17.8 Å². The quantitative estimate of drug-likeness (QED) is 0.115. The van der Waals surface area contributed by atoms with Crippen LogP contribution in [0.25, 0.3) is 0 Å². The molecule has 5 rings (SSSR count). The molecule has 19 heteroatoms. The van der Waals surface area contributed by atoms with Crippen molar-refractivity contribution in [3.8, 4) is 0 Å². The van der Waals surface area contributed by atoms with E-state index in [0.717, 1.165) is 11.4 Å². The van der Waals surface area contributed by atoms with Crippen molar-refractivity contribution in [3.05, 3.63) is 40.2 Å². The van der Waals surface area contributed by atoms with E-state index in [1.54, 1.807) is 12.1 Å². The summed E-state index contributed by atoms with van der Waals surface area (Å²) < 4.78 is 25.6. The van der Waals surface area contributed by atoms with Gasteiger partial charge >= 0.3 is 7.82 Å². The summed E-state index contributed by atoms with van der Waals surface area (Å²) in [6.45, 7) is 2.97. The average Bonchev–Trinajstić information content (AvgIpc) is 3.45. The minimum Gasteiger partial charge on any atom is -0.390 e. The number of nitrogens with zero attached hydrogens (tertiary/aromatic N) is 4. The lowest BCUT2D eigenvalue weighted by Gasteiger charge is -2.30. The third-order valence-corrected chi connectivity index (χ3v) is 8.62. The number of H-pyrrole nitrogens is 1. The molecule has 2 aromatic rings. The lowest BCUT2D eigenvalue weighted by atomic mass is 10.00. The van der Waals surface area contributed by atoms with Gasteiger partial charge in [0.15, 0.2) is 17.8 Å². The van der Waals surface area contributed by atoms with Crippen LogP contribution in [0.1, 0.15) is 19.4 Å². The van der Waals surface area contributed by atoms with Crippen molar-refractivity contribution in [1.82, 2.24) is 9.97 Å². The first-order valence-corrected chi connectivity index (χ1v) is 15.6. The van der Waals surface area contributed by atoms with Crippen LogP contribution in [0.4, 0.5) is 23.1 Å². The number of aliphatic hydroxyl groups is 5. The molecular formula is C26H37N6O12P. The summed E-state index contributed by atoms with van der Waals surface area (Å²) in [6.07, 6.45) is -10.7. The van der Waals surface area contributed by atoms with E-state index >= 15 is 0 Å². The van der Waals surface area contributed by atoms with Crippen LogP contribution in [-0.4, -0.2) is 126 Å². The van der Waals surface area contributed by atoms with Crippen LogP contribution in [0.15, 0.2) is 34.1 Å². The standard InChI is InChI=1S/C26H37N6O12P/c1-11-18-12(2)31(10-32(18)19-23(28-11)29-26(27)30-24(19)38)14-5-3-13(4-6-14)7-15(33)20(35)16(34)8-42-25-22(37)21(36)17(44-25)9-43-45(39,40)41/h3-6,12,15-18,20-22,25,33-37H,7-10H2,1-2H3,(H2,39,40,41)(H3,27,29,30,38)/t12-,15+,16-,17-,18-,20+,21-,22-,25+/m1/s1. The molecule has 0 unspecified atom stereocenters. The first-order valence-electron chi connectivity index (χ1n) is 14.1. The third kappa shape index (κ3) is 7.06. The second-order valence-electron chi connectivity index (χ2n) is 11.3. The number of aliphatic imine (C=N–C) groups is 1. The zero-order valence-electron chi connectivity index (χ0n) is 24.3.